The summed E-state index contributed by atoms with van der Waals surface area (Å²) in [4.78, 5) is 0.384. The van der Waals surface area contributed by atoms with Crippen molar-refractivity contribution < 1.29 is 13.5 Å². The van der Waals surface area contributed by atoms with Gasteiger partial charge in [-0.15, -0.1) is 0 Å². The van der Waals surface area contributed by atoms with Crippen LogP contribution in [0.3, 0.4) is 0 Å². The average molecular weight is 268 g/mol. The number of hydrogen-bond acceptors (Lipinski definition) is 3. The third kappa shape index (κ3) is 2.59. The van der Waals surface area contributed by atoms with E-state index in [0.29, 0.717) is 4.90 Å². The molecule has 3 nitrogen and oxygen atoms in total. The standard InChI is InChI=1S/C14H20O3S/c1-11(2)18(16,17)13-5-3-12(4-6-13)9-14(10-15)7-8-14/h3-6,11,15H,7-10H2,1-2H3. The Morgan fingerprint density at radius 3 is 2.17 bits per heavy atom. The largest absolute Gasteiger partial charge is 0.396 e. The van der Waals surface area contributed by atoms with Crippen LogP contribution in [-0.4, -0.2) is 25.4 Å². The maximum absolute atomic E-state index is 12.0. The van der Waals surface area contributed by atoms with Crippen molar-refractivity contribution in [2.24, 2.45) is 5.41 Å². The molecule has 0 radical (unpaired) electrons. The second-order valence-electron chi connectivity index (χ2n) is 5.57. The van der Waals surface area contributed by atoms with E-state index in [1.807, 2.05) is 12.1 Å². The minimum absolute atomic E-state index is 0.0679. The predicted molar refractivity (Wildman–Crippen MR) is 71.2 cm³/mol. The van der Waals surface area contributed by atoms with Gasteiger partial charge in [0.2, 0.25) is 0 Å². The molecular weight excluding hydrogens is 248 g/mol. The zero-order chi connectivity index (χ0) is 13.4. The second-order valence-corrected chi connectivity index (χ2v) is 8.08. The van der Waals surface area contributed by atoms with Gasteiger partial charge in [0.05, 0.1) is 10.1 Å². The van der Waals surface area contributed by atoms with Gasteiger partial charge in [-0.25, -0.2) is 8.42 Å². The molecule has 18 heavy (non-hydrogen) atoms. The Labute approximate surface area is 109 Å². The van der Waals surface area contributed by atoms with Crippen LogP contribution >= 0.6 is 0 Å². The molecule has 0 aliphatic heterocycles. The molecule has 0 bridgehead atoms. The number of aliphatic hydroxyl groups excluding tert-OH is 1. The fourth-order valence-corrected chi connectivity index (χ4v) is 3.13. The van der Waals surface area contributed by atoms with Crippen molar-refractivity contribution in [1.29, 1.82) is 0 Å². The molecule has 0 amide bonds. The molecule has 2 rings (SSSR count). The molecule has 1 aliphatic rings. The Bertz CT molecular complexity index is 510. The first-order valence-corrected chi connectivity index (χ1v) is 7.88. The van der Waals surface area contributed by atoms with Crippen LogP contribution in [0.1, 0.15) is 32.3 Å². The van der Waals surface area contributed by atoms with Gasteiger partial charge in [-0.3, -0.25) is 0 Å². The van der Waals surface area contributed by atoms with E-state index in [0.717, 1.165) is 24.8 Å². The lowest BCUT2D eigenvalue weighted by Gasteiger charge is -2.12. The Balaban J connectivity index is 2.16. The second kappa shape index (κ2) is 4.67. The summed E-state index contributed by atoms with van der Waals surface area (Å²) in [7, 11) is -3.18. The maximum atomic E-state index is 12.0. The fraction of sp³-hybridized carbons (Fsp3) is 0.571. The minimum Gasteiger partial charge on any atom is -0.396 e. The molecule has 100 valence electrons. The molecule has 1 aromatic rings. The van der Waals surface area contributed by atoms with E-state index >= 15 is 0 Å². The van der Waals surface area contributed by atoms with Crippen molar-refractivity contribution in [3.8, 4) is 0 Å². The van der Waals surface area contributed by atoms with Crippen LogP contribution in [-0.2, 0) is 16.3 Å². The van der Waals surface area contributed by atoms with Gasteiger partial charge >= 0.3 is 0 Å². The molecule has 1 aromatic carbocycles. The summed E-state index contributed by atoms with van der Waals surface area (Å²) in [6.07, 6.45) is 2.97. The van der Waals surface area contributed by atoms with E-state index < -0.39 is 15.1 Å². The van der Waals surface area contributed by atoms with Crippen LogP contribution < -0.4 is 0 Å². The van der Waals surface area contributed by atoms with E-state index in [1.54, 1.807) is 26.0 Å². The van der Waals surface area contributed by atoms with Gasteiger partial charge < -0.3 is 5.11 Å². The summed E-state index contributed by atoms with van der Waals surface area (Å²) >= 11 is 0. The van der Waals surface area contributed by atoms with Crippen LogP contribution in [0.2, 0.25) is 0 Å². The molecule has 0 atom stereocenters. The summed E-state index contributed by atoms with van der Waals surface area (Å²) in [6, 6.07) is 7.09. The van der Waals surface area contributed by atoms with Crippen LogP contribution in [0, 0.1) is 5.41 Å². The summed E-state index contributed by atoms with van der Waals surface area (Å²) in [6.45, 7) is 3.60. The van der Waals surface area contributed by atoms with Crippen molar-refractivity contribution in [3.63, 3.8) is 0 Å². The average Bonchev–Trinajstić information content (AvgIpc) is 3.10. The summed E-state index contributed by atoms with van der Waals surface area (Å²) in [5, 5.41) is 8.89. The summed E-state index contributed by atoms with van der Waals surface area (Å²) in [5.74, 6) is 0. The summed E-state index contributed by atoms with van der Waals surface area (Å²) in [5.41, 5.74) is 1.17. The molecule has 1 aliphatic carbocycles. The van der Waals surface area contributed by atoms with Gasteiger partial charge in [-0.1, -0.05) is 12.1 Å². The third-order valence-corrected chi connectivity index (χ3v) is 5.91. The zero-order valence-corrected chi connectivity index (χ0v) is 11.7. The summed E-state index contributed by atoms with van der Waals surface area (Å²) < 4.78 is 23.9. The van der Waals surface area contributed by atoms with Crippen molar-refractivity contribution in [2.75, 3.05) is 6.61 Å². The Hall–Kier alpha value is -0.870. The molecule has 0 spiro atoms. The molecule has 1 fully saturated rings. The molecular formula is C14H20O3S. The monoisotopic (exact) mass is 268 g/mol. The Morgan fingerprint density at radius 1 is 1.22 bits per heavy atom. The number of aliphatic hydroxyl groups is 1. The fourth-order valence-electron chi connectivity index (χ4n) is 2.07. The molecule has 0 saturated heterocycles. The van der Waals surface area contributed by atoms with Gasteiger partial charge in [-0.2, -0.15) is 0 Å². The smallest absolute Gasteiger partial charge is 0.180 e. The topological polar surface area (TPSA) is 54.4 Å². The van der Waals surface area contributed by atoms with Gasteiger partial charge in [0.1, 0.15) is 0 Å². The Morgan fingerprint density at radius 2 is 1.78 bits per heavy atom. The molecule has 0 heterocycles. The van der Waals surface area contributed by atoms with Crippen molar-refractivity contribution in [1.82, 2.24) is 0 Å². The molecule has 0 unspecified atom stereocenters. The number of hydrogen-bond donors (Lipinski definition) is 1. The van der Waals surface area contributed by atoms with Gasteiger partial charge in [-0.05, 0) is 56.2 Å². The zero-order valence-electron chi connectivity index (χ0n) is 10.9. The molecule has 1 saturated carbocycles. The van der Waals surface area contributed by atoms with E-state index in [1.165, 1.54) is 0 Å². The predicted octanol–water partition coefficient (Wildman–Crippen LogP) is 2.18. The Kier molecular flexibility index (Phi) is 3.52. The van der Waals surface area contributed by atoms with E-state index in [2.05, 4.69) is 0 Å². The highest BCUT2D eigenvalue weighted by Crippen LogP contribution is 2.47. The van der Waals surface area contributed by atoms with Crippen molar-refractivity contribution >= 4 is 9.84 Å². The third-order valence-electron chi connectivity index (χ3n) is 3.74. The molecule has 0 aromatic heterocycles. The van der Waals surface area contributed by atoms with Crippen LogP contribution in [0.4, 0.5) is 0 Å². The van der Waals surface area contributed by atoms with Gasteiger partial charge in [0.15, 0.2) is 9.84 Å². The first-order chi connectivity index (χ1) is 8.39. The van der Waals surface area contributed by atoms with Crippen LogP contribution in [0.5, 0.6) is 0 Å². The van der Waals surface area contributed by atoms with Crippen LogP contribution in [0.25, 0.3) is 0 Å². The van der Waals surface area contributed by atoms with E-state index in [4.69, 9.17) is 0 Å². The van der Waals surface area contributed by atoms with E-state index in [9.17, 15) is 13.5 Å². The minimum atomic E-state index is -3.18. The van der Waals surface area contributed by atoms with Gasteiger partial charge in [0.25, 0.3) is 0 Å². The van der Waals surface area contributed by atoms with Crippen molar-refractivity contribution in [2.45, 2.75) is 43.3 Å². The van der Waals surface area contributed by atoms with Gasteiger partial charge in [0, 0.05) is 6.61 Å². The quantitative estimate of drug-likeness (QED) is 0.890. The lowest BCUT2D eigenvalue weighted by molar-refractivity contribution is 0.211. The number of sulfone groups is 1. The van der Waals surface area contributed by atoms with E-state index in [-0.39, 0.29) is 12.0 Å². The first kappa shape index (κ1) is 13.6. The molecule has 4 heteroatoms. The number of rotatable bonds is 5. The SMILES string of the molecule is CC(C)S(=O)(=O)c1ccc(CC2(CO)CC2)cc1. The maximum Gasteiger partial charge on any atom is 0.180 e. The van der Waals surface area contributed by atoms with Crippen LogP contribution in [0.15, 0.2) is 29.2 Å². The number of benzene rings is 1. The highest BCUT2D eigenvalue weighted by Gasteiger charge is 2.41. The highest BCUT2D eigenvalue weighted by atomic mass is 32.2. The first-order valence-electron chi connectivity index (χ1n) is 6.33. The normalized spacial score (nSPS) is 18.0. The lowest BCUT2D eigenvalue weighted by atomic mass is 9.98. The van der Waals surface area contributed by atoms with Crippen molar-refractivity contribution in [3.05, 3.63) is 29.8 Å². The lowest BCUT2D eigenvalue weighted by Crippen LogP contribution is -2.14. The molecule has 1 N–H and O–H groups in total. The highest BCUT2D eigenvalue weighted by molar-refractivity contribution is 7.92.